The van der Waals surface area contributed by atoms with Crippen LogP contribution in [0.2, 0.25) is 0 Å². The number of aromatic nitrogens is 1. The van der Waals surface area contributed by atoms with Gasteiger partial charge in [0.2, 0.25) is 11.8 Å². The number of fused-ring (bicyclic) bond motifs is 1. The molecule has 1 fully saturated rings. The quantitative estimate of drug-likeness (QED) is 0.288. The van der Waals surface area contributed by atoms with Gasteiger partial charge in [-0.15, -0.1) is 0 Å². The van der Waals surface area contributed by atoms with Gasteiger partial charge in [0.1, 0.15) is 24.2 Å². The Morgan fingerprint density at radius 2 is 1.94 bits per heavy atom. The molecule has 0 saturated heterocycles. The van der Waals surface area contributed by atoms with E-state index in [0.717, 1.165) is 32.1 Å². The van der Waals surface area contributed by atoms with Crippen LogP contribution in [0.3, 0.4) is 0 Å². The molecule has 1 aliphatic carbocycles. The summed E-state index contributed by atoms with van der Waals surface area (Å²) in [5.74, 6) is 0.229. The molecule has 1 saturated carbocycles. The normalized spacial score (nSPS) is 16.7. The Morgan fingerprint density at radius 3 is 2.65 bits per heavy atom. The molecule has 2 unspecified atom stereocenters. The number of rotatable bonds is 10. The summed E-state index contributed by atoms with van der Waals surface area (Å²) in [4.78, 5) is 17.1. The van der Waals surface area contributed by atoms with Gasteiger partial charge in [0, 0.05) is 6.54 Å². The molecular weight excluding hydrogens is 469 g/mol. The number of carbonyl (C=O) groups excluding carboxylic acids is 1. The average Bonchev–Trinajstić information content (AvgIpc) is 3.24. The van der Waals surface area contributed by atoms with Gasteiger partial charge in [-0.25, -0.2) is 4.98 Å². The van der Waals surface area contributed by atoms with E-state index in [-0.39, 0.29) is 16.9 Å². The second kappa shape index (κ2) is 12.3. The third-order valence-electron chi connectivity index (χ3n) is 5.91. The van der Waals surface area contributed by atoms with Gasteiger partial charge in [-0.05, 0) is 49.5 Å². The SMILES string of the molecule is O=C(NCCCC(O)c1nc2ccccc2o1)C(CC1CCCCC1)NC(=S)NCC(F)(F)F. The van der Waals surface area contributed by atoms with E-state index in [4.69, 9.17) is 16.6 Å². The summed E-state index contributed by atoms with van der Waals surface area (Å²) in [6.45, 7) is -0.966. The van der Waals surface area contributed by atoms with Crippen LogP contribution in [0.15, 0.2) is 28.7 Å². The van der Waals surface area contributed by atoms with E-state index >= 15 is 0 Å². The molecule has 1 amide bonds. The Kier molecular flexibility index (Phi) is 9.52. The van der Waals surface area contributed by atoms with Gasteiger partial charge in [-0.2, -0.15) is 13.2 Å². The molecule has 0 bridgehead atoms. The van der Waals surface area contributed by atoms with Gasteiger partial charge in [0.15, 0.2) is 10.7 Å². The number of carbonyl (C=O) groups is 1. The predicted octanol–water partition coefficient (Wildman–Crippen LogP) is 4.12. The molecule has 11 heteroatoms. The van der Waals surface area contributed by atoms with E-state index in [0.29, 0.717) is 42.8 Å². The molecule has 1 aliphatic rings. The minimum Gasteiger partial charge on any atom is -0.438 e. The van der Waals surface area contributed by atoms with E-state index in [1.165, 1.54) is 0 Å². The van der Waals surface area contributed by atoms with E-state index in [9.17, 15) is 23.1 Å². The summed E-state index contributed by atoms with van der Waals surface area (Å²) in [6.07, 6.45) is 1.32. The van der Waals surface area contributed by atoms with Crippen molar-refractivity contribution in [3.8, 4) is 0 Å². The molecule has 1 heterocycles. The summed E-state index contributed by atoms with van der Waals surface area (Å²) in [5, 5.41) is 17.9. The lowest BCUT2D eigenvalue weighted by atomic mass is 9.84. The van der Waals surface area contributed by atoms with Gasteiger partial charge in [-0.1, -0.05) is 44.2 Å². The Hall–Kier alpha value is -2.40. The molecule has 7 nitrogen and oxygen atoms in total. The topological polar surface area (TPSA) is 99.4 Å². The van der Waals surface area contributed by atoms with Gasteiger partial charge in [0.25, 0.3) is 0 Å². The highest BCUT2D eigenvalue weighted by Gasteiger charge is 2.29. The summed E-state index contributed by atoms with van der Waals surface area (Å²) in [5.41, 5.74) is 1.26. The Labute approximate surface area is 201 Å². The molecule has 4 N–H and O–H groups in total. The zero-order valence-electron chi connectivity index (χ0n) is 18.9. The fourth-order valence-corrected chi connectivity index (χ4v) is 4.38. The molecule has 1 aromatic carbocycles. The maximum Gasteiger partial charge on any atom is 0.405 e. The van der Waals surface area contributed by atoms with E-state index < -0.39 is 24.9 Å². The van der Waals surface area contributed by atoms with Crippen LogP contribution < -0.4 is 16.0 Å². The van der Waals surface area contributed by atoms with Gasteiger partial charge < -0.3 is 25.5 Å². The molecule has 34 heavy (non-hydrogen) atoms. The second-order valence-corrected chi connectivity index (χ2v) is 9.11. The van der Waals surface area contributed by atoms with Crippen molar-refractivity contribution in [2.75, 3.05) is 13.1 Å². The Morgan fingerprint density at radius 1 is 1.21 bits per heavy atom. The van der Waals surface area contributed by atoms with Crippen molar-refractivity contribution in [1.29, 1.82) is 0 Å². The number of hydrogen-bond donors (Lipinski definition) is 4. The van der Waals surface area contributed by atoms with Crippen molar-refractivity contribution in [3.05, 3.63) is 30.2 Å². The van der Waals surface area contributed by atoms with Gasteiger partial charge >= 0.3 is 6.18 Å². The van der Waals surface area contributed by atoms with E-state index in [1.54, 1.807) is 12.1 Å². The maximum absolute atomic E-state index is 12.8. The molecule has 0 aliphatic heterocycles. The van der Waals surface area contributed by atoms with Crippen molar-refractivity contribution < 1.29 is 27.5 Å². The minimum atomic E-state index is -4.40. The lowest BCUT2D eigenvalue weighted by Gasteiger charge is -2.27. The van der Waals surface area contributed by atoms with Crippen LogP contribution >= 0.6 is 12.2 Å². The highest BCUT2D eigenvalue weighted by molar-refractivity contribution is 7.80. The zero-order valence-corrected chi connectivity index (χ0v) is 19.7. The standard InChI is InChI=1S/C23H31F3N4O3S/c24-23(25,26)14-28-22(34)30-17(13-15-7-2-1-3-8-15)20(32)27-12-6-10-18(31)21-29-16-9-4-5-11-19(16)33-21/h4-5,9,11,15,17-18,31H,1-3,6-8,10,12-14H2,(H,27,32)(H2,28,30,34). The molecule has 188 valence electrons. The number of hydrogen-bond acceptors (Lipinski definition) is 5. The smallest absolute Gasteiger partial charge is 0.405 e. The zero-order chi connectivity index (χ0) is 24.6. The molecule has 0 radical (unpaired) electrons. The van der Waals surface area contributed by atoms with Gasteiger partial charge in [-0.3, -0.25) is 4.79 Å². The molecule has 2 atom stereocenters. The summed E-state index contributed by atoms with van der Waals surface area (Å²) in [7, 11) is 0. The number of benzene rings is 1. The predicted molar refractivity (Wildman–Crippen MR) is 126 cm³/mol. The summed E-state index contributed by atoms with van der Waals surface area (Å²) in [6, 6.07) is 6.49. The van der Waals surface area contributed by atoms with Crippen molar-refractivity contribution in [2.24, 2.45) is 5.92 Å². The van der Waals surface area contributed by atoms with Crippen LogP contribution in [0.5, 0.6) is 0 Å². The third kappa shape index (κ3) is 8.43. The van der Waals surface area contributed by atoms with Crippen molar-refractivity contribution in [1.82, 2.24) is 20.9 Å². The highest BCUT2D eigenvalue weighted by atomic mass is 32.1. The fourth-order valence-electron chi connectivity index (χ4n) is 4.16. The number of aliphatic hydroxyl groups is 1. The number of amides is 1. The number of aliphatic hydroxyl groups excluding tert-OH is 1. The fraction of sp³-hybridized carbons (Fsp3) is 0.609. The number of nitrogens with zero attached hydrogens (tertiary/aromatic N) is 1. The lowest BCUT2D eigenvalue weighted by Crippen LogP contribution is -2.52. The number of halogens is 3. The Balaban J connectivity index is 1.48. The Bertz CT molecular complexity index is 914. The first-order valence-electron chi connectivity index (χ1n) is 11.6. The third-order valence-corrected chi connectivity index (χ3v) is 6.18. The second-order valence-electron chi connectivity index (χ2n) is 8.70. The molecule has 1 aromatic heterocycles. The summed E-state index contributed by atoms with van der Waals surface area (Å²) >= 11 is 4.98. The average molecular weight is 501 g/mol. The largest absolute Gasteiger partial charge is 0.438 e. The number of oxazole rings is 1. The van der Waals surface area contributed by atoms with Crippen molar-refractivity contribution >= 4 is 34.3 Å². The summed E-state index contributed by atoms with van der Waals surface area (Å²) < 4.78 is 43.0. The van der Waals surface area contributed by atoms with Crippen LogP contribution in [0.4, 0.5) is 13.2 Å². The van der Waals surface area contributed by atoms with Crippen LogP contribution in [-0.4, -0.2) is 46.4 Å². The van der Waals surface area contributed by atoms with Crippen LogP contribution in [0.25, 0.3) is 11.1 Å². The monoisotopic (exact) mass is 500 g/mol. The van der Waals surface area contributed by atoms with Crippen LogP contribution in [0, 0.1) is 5.92 Å². The highest BCUT2D eigenvalue weighted by Crippen LogP contribution is 2.27. The van der Waals surface area contributed by atoms with Crippen molar-refractivity contribution in [3.63, 3.8) is 0 Å². The number of alkyl halides is 3. The van der Waals surface area contributed by atoms with E-state index in [1.807, 2.05) is 12.1 Å². The van der Waals surface area contributed by atoms with Crippen LogP contribution in [0.1, 0.15) is 63.4 Å². The molecule has 0 spiro atoms. The molecule has 3 rings (SSSR count). The number of thiocarbonyl (C=S) groups is 1. The first-order chi connectivity index (χ1) is 16.2. The first kappa shape index (κ1) is 26.2. The van der Waals surface area contributed by atoms with Crippen molar-refractivity contribution in [2.45, 2.75) is 69.7 Å². The van der Waals surface area contributed by atoms with Crippen LogP contribution in [-0.2, 0) is 4.79 Å². The number of nitrogens with one attached hydrogen (secondary N) is 3. The number of para-hydroxylation sites is 2. The maximum atomic E-state index is 12.8. The first-order valence-corrected chi connectivity index (χ1v) is 12.0. The van der Waals surface area contributed by atoms with Gasteiger partial charge in [0.05, 0.1) is 0 Å². The van der Waals surface area contributed by atoms with E-state index in [2.05, 4.69) is 20.9 Å². The lowest BCUT2D eigenvalue weighted by molar-refractivity contribution is -0.123. The molecule has 2 aromatic rings. The molecular formula is C23H31F3N4O3S. The minimum absolute atomic E-state index is 0.195.